The van der Waals surface area contributed by atoms with Crippen LogP contribution in [-0.4, -0.2) is 25.8 Å². The van der Waals surface area contributed by atoms with Crippen LogP contribution in [0.1, 0.15) is 40.4 Å². The number of carbonyl (C=O) groups excluding carboxylic acids is 1. The second-order valence-electron chi connectivity index (χ2n) is 6.93. The first-order valence-corrected chi connectivity index (χ1v) is 10.5. The van der Waals surface area contributed by atoms with Crippen LogP contribution in [0, 0.1) is 6.92 Å². The van der Waals surface area contributed by atoms with Gasteiger partial charge in [0.05, 0.1) is 6.61 Å². The largest absolute Gasteiger partial charge is 0.379 e. The Morgan fingerprint density at radius 1 is 1.25 bits per heavy atom. The summed E-state index contributed by atoms with van der Waals surface area (Å²) in [5, 5.41) is 3.47. The lowest BCUT2D eigenvalue weighted by Crippen LogP contribution is -2.14. The van der Waals surface area contributed by atoms with Gasteiger partial charge in [0.25, 0.3) is 5.91 Å². The van der Waals surface area contributed by atoms with Gasteiger partial charge < -0.3 is 4.74 Å². The summed E-state index contributed by atoms with van der Waals surface area (Å²) in [6.45, 7) is 4.44. The van der Waals surface area contributed by atoms with Crippen molar-refractivity contribution in [1.82, 2.24) is 0 Å². The van der Waals surface area contributed by atoms with Crippen molar-refractivity contribution in [1.29, 1.82) is 0 Å². The van der Waals surface area contributed by atoms with Crippen molar-refractivity contribution in [2.45, 2.75) is 25.0 Å². The Morgan fingerprint density at radius 3 is 2.61 bits per heavy atom. The van der Waals surface area contributed by atoms with Gasteiger partial charge in [-0.2, -0.15) is 0 Å². The van der Waals surface area contributed by atoms with Gasteiger partial charge in [-0.25, -0.2) is 4.99 Å². The number of ether oxygens (including phenoxy) is 1. The highest BCUT2D eigenvalue weighted by atomic mass is 35.5. The Labute approximate surface area is 179 Å². The number of allylic oxidation sites excluding steroid dienone is 1. The summed E-state index contributed by atoms with van der Waals surface area (Å²) < 4.78 is 4.76. The van der Waals surface area contributed by atoms with Crippen LogP contribution in [0.5, 0.6) is 0 Å². The molecule has 2 aromatic rings. The molecule has 0 aliphatic carbocycles. The van der Waals surface area contributed by atoms with Gasteiger partial charge in [0.2, 0.25) is 0 Å². The number of rotatable bonds is 5. The van der Waals surface area contributed by atoms with Crippen LogP contribution >= 0.6 is 35.0 Å². The molecule has 28 heavy (non-hydrogen) atoms. The van der Waals surface area contributed by atoms with E-state index in [9.17, 15) is 4.79 Å². The van der Waals surface area contributed by atoms with Crippen LogP contribution < -0.4 is 0 Å². The van der Waals surface area contributed by atoms with Gasteiger partial charge in [-0.3, -0.25) is 4.79 Å². The first-order valence-electron chi connectivity index (χ1n) is 8.82. The SMILES string of the molecule is COCC=NC(=O)c1ccc(C2=CSC(C)(c3cc(Cl)cc(Cl)c3)C2)cc1C. The van der Waals surface area contributed by atoms with E-state index in [4.69, 9.17) is 27.9 Å². The van der Waals surface area contributed by atoms with Crippen molar-refractivity contribution in [3.63, 3.8) is 0 Å². The summed E-state index contributed by atoms with van der Waals surface area (Å²) in [6.07, 6.45) is 2.33. The Morgan fingerprint density at radius 2 is 1.96 bits per heavy atom. The van der Waals surface area contributed by atoms with Crippen molar-refractivity contribution < 1.29 is 9.53 Å². The smallest absolute Gasteiger partial charge is 0.276 e. The fourth-order valence-electron chi connectivity index (χ4n) is 3.21. The van der Waals surface area contributed by atoms with Gasteiger partial charge in [-0.15, -0.1) is 11.8 Å². The van der Waals surface area contributed by atoms with E-state index < -0.39 is 0 Å². The van der Waals surface area contributed by atoms with E-state index in [1.165, 1.54) is 11.8 Å². The molecule has 0 radical (unpaired) electrons. The standard InChI is InChI=1S/C22H21Cl2NO2S/c1-14-8-15(4-5-20(14)21(26)25-6-7-27-3)16-12-22(2,28-13-16)17-9-18(23)11-19(24)10-17/h4-6,8-11,13H,7,12H2,1-3H3. The molecule has 0 bridgehead atoms. The summed E-state index contributed by atoms with van der Waals surface area (Å²) in [4.78, 5) is 16.1. The summed E-state index contributed by atoms with van der Waals surface area (Å²) >= 11 is 14.2. The molecule has 0 fully saturated rings. The molecule has 0 N–H and O–H groups in total. The van der Waals surface area contributed by atoms with Crippen molar-refractivity contribution in [3.05, 3.63) is 74.1 Å². The monoisotopic (exact) mass is 433 g/mol. The van der Waals surface area contributed by atoms with Crippen LogP contribution in [-0.2, 0) is 9.48 Å². The highest BCUT2D eigenvalue weighted by molar-refractivity contribution is 8.03. The molecule has 1 amide bonds. The molecule has 0 saturated heterocycles. The average molecular weight is 434 g/mol. The number of thioether (sulfide) groups is 1. The number of hydrogen-bond acceptors (Lipinski definition) is 3. The number of aliphatic imine (C=N–C) groups is 1. The summed E-state index contributed by atoms with van der Waals surface area (Å²) in [6, 6.07) is 11.6. The van der Waals surface area contributed by atoms with E-state index in [1.54, 1.807) is 24.9 Å². The zero-order chi connectivity index (χ0) is 20.3. The molecule has 3 nitrogen and oxygen atoms in total. The van der Waals surface area contributed by atoms with E-state index in [0.29, 0.717) is 22.2 Å². The summed E-state index contributed by atoms with van der Waals surface area (Å²) in [5.41, 5.74) is 4.96. The third kappa shape index (κ3) is 4.69. The van der Waals surface area contributed by atoms with E-state index in [2.05, 4.69) is 17.3 Å². The average Bonchev–Trinajstić information content (AvgIpc) is 3.04. The van der Waals surface area contributed by atoms with Crippen LogP contribution in [0.2, 0.25) is 10.0 Å². The maximum absolute atomic E-state index is 12.2. The number of nitrogens with zero attached hydrogens (tertiary/aromatic N) is 1. The molecule has 6 heteroatoms. The molecule has 1 aliphatic rings. The number of halogens is 2. The molecule has 1 unspecified atom stereocenters. The Kier molecular flexibility index (Phi) is 6.66. The van der Waals surface area contributed by atoms with Crippen LogP contribution in [0.25, 0.3) is 5.57 Å². The predicted molar refractivity (Wildman–Crippen MR) is 120 cm³/mol. The van der Waals surface area contributed by atoms with Crippen LogP contribution in [0.15, 0.2) is 46.8 Å². The quantitative estimate of drug-likeness (QED) is 0.501. The molecular weight excluding hydrogens is 413 g/mol. The van der Waals surface area contributed by atoms with Crippen LogP contribution in [0.4, 0.5) is 0 Å². The number of hydrogen-bond donors (Lipinski definition) is 0. The highest BCUT2D eigenvalue weighted by Crippen LogP contribution is 2.51. The molecule has 0 spiro atoms. The molecule has 0 aromatic heterocycles. The number of carbonyl (C=O) groups is 1. The molecule has 3 rings (SSSR count). The second kappa shape index (κ2) is 8.83. The maximum Gasteiger partial charge on any atom is 0.276 e. The number of amides is 1. The minimum absolute atomic E-state index is 0.128. The minimum Gasteiger partial charge on any atom is -0.379 e. The van der Waals surface area contributed by atoms with Crippen molar-refractivity contribution in [3.8, 4) is 0 Å². The van der Waals surface area contributed by atoms with Crippen LogP contribution in [0.3, 0.4) is 0 Å². The van der Waals surface area contributed by atoms with E-state index in [0.717, 1.165) is 23.1 Å². The highest BCUT2D eigenvalue weighted by Gasteiger charge is 2.33. The lowest BCUT2D eigenvalue weighted by Gasteiger charge is -2.24. The van der Waals surface area contributed by atoms with E-state index >= 15 is 0 Å². The third-order valence-corrected chi connectivity index (χ3v) is 6.48. The maximum atomic E-state index is 12.2. The molecule has 1 aliphatic heterocycles. The number of benzene rings is 2. The van der Waals surface area contributed by atoms with Gasteiger partial charge in [0.1, 0.15) is 0 Å². The predicted octanol–water partition coefficient (Wildman–Crippen LogP) is 6.55. The molecule has 146 valence electrons. The third-order valence-electron chi connectivity index (χ3n) is 4.74. The lowest BCUT2D eigenvalue weighted by molar-refractivity contribution is 0.100. The second-order valence-corrected chi connectivity index (χ2v) is 9.17. The number of aryl methyl sites for hydroxylation is 1. The Hall–Kier alpha value is -1.59. The van der Waals surface area contributed by atoms with Gasteiger partial charge in [-0.1, -0.05) is 35.3 Å². The first kappa shape index (κ1) is 21.1. The number of methoxy groups -OCH3 is 1. The molecule has 2 aromatic carbocycles. The molecule has 0 saturated carbocycles. The van der Waals surface area contributed by atoms with Crippen molar-refractivity contribution >= 4 is 52.7 Å². The normalized spacial score (nSPS) is 19.2. The summed E-state index contributed by atoms with van der Waals surface area (Å²) in [5.74, 6) is -0.255. The van der Waals surface area contributed by atoms with E-state index in [-0.39, 0.29) is 10.7 Å². The Balaban J connectivity index is 1.80. The van der Waals surface area contributed by atoms with Crippen molar-refractivity contribution in [2.75, 3.05) is 13.7 Å². The Bertz CT molecular complexity index is 951. The van der Waals surface area contributed by atoms with Gasteiger partial charge >= 0.3 is 0 Å². The lowest BCUT2D eigenvalue weighted by atomic mass is 9.89. The zero-order valence-electron chi connectivity index (χ0n) is 16.0. The van der Waals surface area contributed by atoms with Gasteiger partial charge in [0, 0.05) is 33.7 Å². The summed E-state index contributed by atoms with van der Waals surface area (Å²) in [7, 11) is 1.56. The van der Waals surface area contributed by atoms with Gasteiger partial charge in [0.15, 0.2) is 0 Å². The first-order chi connectivity index (χ1) is 13.3. The molecular formula is C22H21Cl2NO2S. The molecule has 1 atom stereocenters. The topological polar surface area (TPSA) is 38.7 Å². The fourth-order valence-corrected chi connectivity index (χ4v) is 4.86. The van der Waals surface area contributed by atoms with E-state index in [1.807, 2.05) is 37.3 Å². The van der Waals surface area contributed by atoms with Crippen molar-refractivity contribution in [2.24, 2.45) is 4.99 Å². The molecule has 1 heterocycles. The fraction of sp³-hybridized carbons (Fsp3) is 0.273. The minimum atomic E-state index is -0.255. The van der Waals surface area contributed by atoms with Gasteiger partial charge in [-0.05, 0) is 72.2 Å². The zero-order valence-corrected chi connectivity index (χ0v) is 18.3.